The Morgan fingerprint density at radius 3 is 2.82 bits per heavy atom. The number of carbonyl (C=O) groups is 1. The topological polar surface area (TPSA) is 91.7 Å². The smallest absolute Gasteiger partial charge is 0.259 e. The Hall–Kier alpha value is -3.46. The first-order valence-corrected chi connectivity index (χ1v) is 11.3. The maximum atomic E-state index is 12.8. The van der Waals surface area contributed by atoms with E-state index in [9.17, 15) is 4.79 Å². The highest BCUT2D eigenvalue weighted by Crippen LogP contribution is 2.43. The number of pyridine rings is 1. The average molecular weight is 451 g/mol. The molecule has 9 heteroatoms. The van der Waals surface area contributed by atoms with Crippen molar-refractivity contribution in [3.63, 3.8) is 0 Å². The highest BCUT2D eigenvalue weighted by atomic mass is 16.5. The lowest BCUT2D eigenvalue weighted by Gasteiger charge is -2.28. The summed E-state index contributed by atoms with van der Waals surface area (Å²) < 4.78 is 11.8. The molecular weight excluding hydrogens is 420 g/mol. The molecule has 2 aromatic rings. The summed E-state index contributed by atoms with van der Waals surface area (Å²) in [4.78, 5) is 30.5. The van der Waals surface area contributed by atoms with Crippen LogP contribution in [0.4, 0.5) is 5.69 Å². The van der Waals surface area contributed by atoms with Crippen molar-refractivity contribution in [1.29, 1.82) is 0 Å². The zero-order valence-corrected chi connectivity index (χ0v) is 19.4. The predicted octanol–water partition coefficient (Wildman–Crippen LogP) is 2.69. The van der Waals surface area contributed by atoms with Gasteiger partial charge in [0.2, 0.25) is 5.96 Å². The fourth-order valence-corrected chi connectivity index (χ4v) is 3.98. The van der Waals surface area contributed by atoms with Crippen molar-refractivity contribution >= 4 is 23.4 Å². The van der Waals surface area contributed by atoms with E-state index >= 15 is 0 Å². The zero-order valence-electron chi connectivity index (χ0n) is 19.4. The highest BCUT2D eigenvalue weighted by Gasteiger charge is 2.33. The number of nitrogens with one attached hydrogen (secondary N) is 1. The van der Waals surface area contributed by atoms with Gasteiger partial charge in [0.25, 0.3) is 5.91 Å². The van der Waals surface area contributed by atoms with E-state index in [1.54, 1.807) is 25.4 Å². The van der Waals surface area contributed by atoms with Gasteiger partial charge >= 0.3 is 0 Å². The van der Waals surface area contributed by atoms with Crippen molar-refractivity contribution in [2.24, 2.45) is 9.98 Å². The molecule has 33 heavy (non-hydrogen) atoms. The van der Waals surface area contributed by atoms with Crippen LogP contribution in [0.3, 0.4) is 0 Å². The Morgan fingerprint density at radius 1 is 1.24 bits per heavy atom. The summed E-state index contributed by atoms with van der Waals surface area (Å²) in [6.45, 7) is 9.21. The first kappa shape index (κ1) is 22.7. The number of hydrogen-bond acceptors (Lipinski definition) is 8. The molecule has 2 aliphatic heterocycles. The van der Waals surface area contributed by atoms with Crippen LogP contribution >= 0.6 is 0 Å². The number of rotatable bonds is 9. The third-order valence-corrected chi connectivity index (χ3v) is 5.77. The second-order valence-corrected chi connectivity index (χ2v) is 7.71. The Labute approximate surface area is 194 Å². The molecular formula is C24H30N6O3. The summed E-state index contributed by atoms with van der Waals surface area (Å²) in [6, 6.07) is 7.30. The number of aromatic nitrogens is 1. The number of aliphatic imine (C=N–C) groups is 2. The lowest BCUT2D eigenvalue weighted by atomic mass is 10.1. The van der Waals surface area contributed by atoms with E-state index in [2.05, 4.69) is 34.0 Å². The largest absolute Gasteiger partial charge is 0.491 e. The Balaban J connectivity index is 1.58. The van der Waals surface area contributed by atoms with E-state index in [4.69, 9.17) is 14.5 Å². The molecule has 0 saturated heterocycles. The molecule has 1 N–H and O–H groups in total. The first-order chi connectivity index (χ1) is 16.2. The van der Waals surface area contributed by atoms with Gasteiger partial charge in [0.15, 0.2) is 11.5 Å². The maximum Gasteiger partial charge on any atom is 0.259 e. The number of guanidine groups is 1. The molecule has 0 spiro atoms. The summed E-state index contributed by atoms with van der Waals surface area (Å²) >= 11 is 0. The van der Waals surface area contributed by atoms with Crippen molar-refractivity contribution in [3.8, 4) is 11.5 Å². The lowest BCUT2D eigenvalue weighted by molar-refractivity contribution is 0.0973. The van der Waals surface area contributed by atoms with Gasteiger partial charge in [-0.05, 0) is 43.8 Å². The molecule has 0 aliphatic carbocycles. The third kappa shape index (κ3) is 4.83. The van der Waals surface area contributed by atoms with E-state index in [-0.39, 0.29) is 5.91 Å². The molecule has 9 nitrogen and oxygen atoms in total. The molecule has 0 fully saturated rings. The van der Waals surface area contributed by atoms with Crippen molar-refractivity contribution in [1.82, 2.24) is 20.1 Å². The Bertz CT molecular complexity index is 1050. The molecule has 0 radical (unpaired) electrons. The quantitative estimate of drug-likeness (QED) is 0.591. The standard InChI is InChI=1S/C24H30N6O3/c1-4-29(5-2)13-7-15-33-19-10-9-18-20(21(19)32-3)27-24(30-14-12-26-22(18)30)28-23(31)17-8-6-11-25-16-17/h6,8-11,16H,4-5,7,12-15H2,1-3H3,(H,27,28,31). The second-order valence-electron chi connectivity index (χ2n) is 7.71. The molecule has 174 valence electrons. The molecule has 1 amide bonds. The molecule has 0 unspecified atom stereocenters. The number of amides is 1. The number of hydrogen-bond donors (Lipinski definition) is 1. The van der Waals surface area contributed by atoms with Gasteiger partial charge in [-0.15, -0.1) is 0 Å². The minimum Gasteiger partial charge on any atom is -0.491 e. The van der Waals surface area contributed by atoms with Gasteiger partial charge in [0, 0.05) is 31.0 Å². The third-order valence-electron chi connectivity index (χ3n) is 5.77. The minimum atomic E-state index is -0.278. The van der Waals surface area contributed by atoms with E-state index in [0.29, 0.717) is 48.4 Å². The molecule has 1 aromatic heterocycles. The first-order valence-electron chi connectivity index (χ1n) is 11.3. The zero-order chi connectivity index (χ0) is 23.2. The van der Waals surface area contributed by atoms with Crippen molar-refractivity contribution in [2.75, 3.05) is 46.4 Å². The van der Waals surface area contributed by atoms with Crippen molar-refractivity contribution < 1.29 is 14.3 Å². The molecule has 1 aromatic carbocycles. The van der Waals surface area contributed by atoms with Crippen LogP contribution < -0.4 is 14.8 Å². The summed E-state index contributed by atoms with van der Waals surface area (Å²) in [6.07, 6.45) is 4.07. The van der Waals surface area contributed by atoms with Crippen molar-refractivity contribution in [2.45, 2.75) is 20.3 Å². The Morgan fingerprint density at radius 2 is 2.09 bits per heavy atom. The highest BCUT2D eigenvalue weighted by molar-refractivity contribution is 6.20. The number of carbonyl (C=O) groups excluding carboxylic acids is 1. The van der Waals surface area contributed by atoms with E-state index in [1.807, 2.05) is 17.0 Å². The van der Waals surface area contributed by atoms with Gasteiger partial charge in [0.05, 0.1) is 25.8 Å². The van der Waals surface area contributed by atoms with Crippen LogP contribution in [0.1, 0.15) is 36.2 Å². The van der Waals surface area contributed by atoms with E-state index in [0.717, 1.165) is 37.5 Å². The van der Waals surface area contributed by atoms with Gasteiger partial charge in [-0.1, -0.05) is 13.8 Å². The number of amidine groups is 1. The van der Waals surface area contributed by atoms with Crippen LogP contribution in [0.15, 0.2) is 46.6 Å². The lowest BCUT2D eigenvalue weighted by Crippen LogP contribution is -2.47. The van der Waals surface area contributed by atoms with Gasteiger partial charge < -0.3 is 14.4 Å². The summed E-state index contributed by atoms with van der Waals surface area (Å²) in [5.74, 6) is 2.08. The van der Waals surface area contributed by atoms with E-state index < -0.39 is 0 Å². The van der Waals surface area contributed by atoms with Crippen LogP contribution in [0.2, 0.25) is 0 Å². The van der Waals surface area contributed by atoms with Gasteiger partial charge in [-0.25, -0.2) is 4.99 Å². The number of fused-ring (bicyclic) bond motifs is 3. The number of ether oxygens (including phenoxy) is 2. The van der Waals surface area contributed by atoms with Gasteiger partial charge in [-0.3, -0.25) is 25.0 Å². The van der Waals surface area contributed by atoms with Crippen LogP contribution in [-0.4, -0.2) is 78.9 Å². The van der Waals surface area contributed by atoms with Gasteiger partial charge in [-0.2, -0.15) is 0 Å². The van der Waals surface area contributed by atoms with Crippen LogP contribution in [0, 0.1) is 0 Å². The summed E-state index contributed by atoms with van der Waals surface area (Å²) in [5.41, 5.74) is 1.93. The molecule has 0 atom stereocenters. The summed E-state index contributed by atoms with van der Waals surface area (Å²) in [7, 11) is 1.60. The maximum absolute atomic E-state index is 12.8. The van der Waals surface area contributed by atoms with Crippen LogP contribution in [0.5, 0.6) is 11.5 Å². The van der Waals surface area contributed by atoms with E-state index in [1.165, 1.54) is 6.20 Å². The van der Waals surface area contributed by atoms with Gasteiger partial charge in [0.1, 0.15) is 11.5 Å². The second kappa shape index (κ2) is 10.4. The predicted molar refractivity (Wildman–Crippen MR) is 128 cm³/mol. The number of nitrogens with zero attached hydrogens (tertiary/aromatic N) is 5. The SMILES string of the molecule is CCN(CC)CCCOc1ccc2c(c1OC)N=C(NC(=O)c1cccnc1)N1CCN=C21. The van der Waals surface area contributed by atoms with Crippen LogP contribution in [0.25, 0.3) is 0 Å². The Kier molecular flexibility index (Phi) is 7.19. The molecule has 2 aliphatic rings. The fraction of sp³-hybridized carbons (Fsp3) is 0.417. The summed E-state index contributed by atoms with van der Waals surface area (Å²) in [5, 5.41) is 2.91. The molecule has 3 heterocycles. The minimum absolute atomic E-state index is 0.278. The van der Waals surface area contributed by atoms with Crippen LogP contribution in [-0.2, 0) is 0 Å². The molecule has 0 bridgehead atoms. The molecule has 0 saturated carbocycles. The number of methoxy groups -OCH3 is 1. The molecule has 4 rings (SSSR count). The number of benzene rings is 1. The average Bonchev–Trinajstić information content (AvgIpc) is 3.35. The normalized spacial score (nSPS) is 14.4. The van der Waals surface area contributed by atoms with Crippen molar-refractivity contribution in [3.05, 3.63) is 47.8 Å². The monoisotopic (exact) mass is 450 g/mol. The fourth-order valence-electron chi connectivity index (χ4n) is 3.98.